The van der Waals surface area contributed by atoms with Gasteiger partial charge in [-0.3, -0.25) is 9.59 Å². The Hall–Kier alpha value is -2.98. The predicted octanol–water partition coefficient (Wildman–Crippen LogP) is 3.20. The highest BCUT2D eigenvalue weighted by Gasteiger charge is 2.35. The molecule has 2 aliphatic rings. The van der Waals surface area contributed by atoms with Crippen LogP contribution in [0.25, 0.3) is 0 Å². The number of fused-ring (bicyclic) bond motifs is 1. The number of hydrogen-bond acceptors (Lipinski definition) is 5. The van der Waals surface area contributed by atoms with Gasteiger partial charge in [-0.25, -0.2) is 12.8 Å². The minimum Gasteiger partial charge on any atom is -0.479 e. The van der Waals surface area contributed by atoms with Crippen molar-refractivity contribution in [1.29, 1.82) is 0 Å². The number of nitrogens with one attached hydrogen (secondary N) is 2. The van der Waals surface area contributed by atoms with Crippen molar-refractivity contribution in [3.05, 3.63) is 47.3 Å². The molecule has 33 heavy (non-hydrogen) atoms. The summed E-state index contributed by atoms with van der Waals surface area (Å²) < 4.78 is 47.2. The zero-order valence-electron chi connectivity index (χ0n) is 18.6. The molecule has 2 aliphatic heterocycles. The van der Waals surface area contributed by atoms with Crippen LogP contribution in [0.1, 0.15) is 30.9 Å². The number of carbonyl (C=O) groups excluding carboxylic acids is 2. The van der Waals surface area contributed by atoms with Crippen LogP contribution < -0.4 is 15.4 Å². The molecule has 2 aromatic carbocycles. The maximum absolute atomic E-state index is 13.5. The standard InChI is InChI=1S/C23H26FN3O5S/c1-13-9-17(24)6-7-18(13)25-23(29)16-5-4-8-27(12-16)33(30,31)21-11-20-19(10-14(21)2)26-22(28)15(3)32-20/h6-7,9-11,15-16H,4-5,8,12H2,1-3H3,(H,25,29)(H,26,28)/t15-,16+/m1/s1. The lowest BCUT2D eigenvalue weighted by molar-refractivity contribution is -0.123. The highest BCUT2D eigenvalue weighted by molar-refractivity contribution is 7.89. The van der Waals surface area contributed by atoms with E-state index in [1.54, 1.807) is 26.8 Å². The lowest BCUT2D eigenvalue weighted by Crippen LogP contribution is -2.44. The van der Waals surface area contributed by atoms with Gasteiger partial charge in [-0.1, -0.05) is 0 Å². The number of nitrogens with zero attached hydrogens (tertiary/aromatic N) is 1. The number of amides is 2. The molecule has 2 atom stereocenters. The number of benzene rings is 2. The maximum Gasteiger partial charge on any atom is 0.265 e. The normalized spacial score (nSPS) is 21.0. The Morgan fingerprint density at radius 2 is 1.97 bits per heavy atom. The van der Waals surface area contributed by atoms with E-state index in [0.717, 1.165) is 0 Å². The van der Waals surface area contributed by atoms with E-state index in [9.17, 15) is 22.4 Å². The van der Waals surface area contributed by atoms with Gasteiger partial charge >= 0.3 is 0 Å². The fourth-order valence-corrected chi connectivity index (χ4v) is 5.88. The number of carbonyl (C=O) groups is 2. The number of rotatable bonds is 4. The van der Waals surface area contributed by atoms with Crippen molar-refractivity contribution < 1.29 is 27.1 Å². The van der Waals surface area contributed by atoms with Crippen molar-refractivity contribution in [3.8, 4) is 5.75 Å². The lowest BCUT2D eigenvalue weighted by Gasteiger charge is -2.32. The molecule has 0 aromatic heterocycles. The Morgan fingerprint density at radius 1 is 1.21 bits per heavy atom. The molecule has 0 spiro atoms. The van der Waals surface area contributed by atoms with E-state index in [-0.39, 0.29) is 23.3 Å². The summed E-state index contributed by atoms with van der Waals surface area (Å²) in [7, 11) is -3.90. The molecule has 0 aliphatic carbocycles. The second kappa shape index (κ2) is 8.75. The van der Waals surface area contributed by atoms with Crippen molar-refractivity contribution in [3.63, 3.8) is 0 Å². The topological polar surface area (TPSA) is 105 Å². The van der Waals surface area contributed by atoms with Crippen molar-refractivity contribution in [2.45, 2.75) is 44.6 Å². The first-order chi connectivity index (χ1) is 15.6. The summed E-state index contributed by atoms with van der Waals surface area (Å²) >= 11 is 0. The quantitative estimate of drug-likeness (QED) is 0.707. The number of aryl methyl sites for hydroxylation is 2. The first kappa shape index (κ1) is 23.2. The van der Waals surface area contributed by atoms with E-state index >= 15 is 0 Å². The van der Waals surface area contributed by atoms with Gasteiger partial charge in [-0.2, -0.15) is 4.31 Å². The van der Waals surface area contributed by atoms with E-state index in [1.807, 2.05) is 0 Å². The molecule has 1 fully saturated rings. The summed E-state index contributed by atoms with van der Waals surface area (Å²) in [5.41, 5.74) is 2.00. The molecule has 0 bridgehead atoms. The number of piperidine rings is 1. The van der Waals surface area contributed by atoms with Gasteiger partial charge in [0.05, 0.1) is 16.5 Å². The van der Waals surface area contributed by atoms with Crippen LogP contribution >= 0.6 is 0 Å². The second-order valence-electron chi connectivity index (χ2n) is 8.51. The zero-order valence-corrected chi connectivity index (χ0v) is 19.5. The van der Waals surface area contributed by atoms with Gasteiger partial charge in [0, 0.05) is 24.8 Å². The van der Waals surface area contributed by atoms with Gasteiger partial charge in [-0.15, -0.1) is 0 Å². The summed E-state index contributed by atoms with van der Waals surface area (Å²) in [5.74, 6) is -1.22. The minimum atomic E-state index is -3.90. The number of anilines is 2. The van der Waals surface area contributed by atoms with Gasteiger partial charge in [0.1, 0.15) is 11.6 Å². The number of sulfonamides is 1. The third kappa shape index (κ3) is 4.58. The molecule has 0 saturated carbocycles. The summed E-state index contributed by atoms with van der Waals surface area (Å²) in [6, 6.07) is 7.11. The zero-order chi connectivity index (χ0) is 23.9. The van der Waals surface area contributed by atoms with E-state index < -0.39 is 27.9 Å². The molecule has 0 unspecified atom stereocenters. The predicted molar refractivity (Wildman–Crippen MR) is 121 cm³/mol. The van der Waals surface area contributed by atoms with Gasteiger partial charge in [-0.05, 0) is 69.0 Å². The van der Waals surface area contributed by atoms with Crippen molar-refractivity contribution in [2.75, 3.05) is 23.7 Å². The largest absolute Gasteiger partial charge is 0.479 e. The third-order valence-corrected chi connectivity index (χ3v) is 8.03. The van der Waals surface area contributed by atoms with Gasteiger partial charge in [0.15, 0.2) is 6.10 Å². The molecule has 2 N–H and O–H groups in total. The van der Waals surface area contributed by atoms with Crippen LogP contribution in [0, 0.1) is 25.6 Å². The van der Waals surface area contributed by atoms with Crippen molar-refractivity contribution in [2.24, 2.45) is 5.92 Å². The van der Waals surface area contributed by atoms with E-state index in [1.165, 1.54) is 28.6 Å². The van der Waals surface area contributed by atoms with Crippen molar-refractivity contribution in [1.82, 2.24) is 4.31 Å². The molecular formula is C23H26FN3O5S. The van der Waals surface area contributed by atoms with Gasteiger partial charge < -0.3 is 15.4 Å². The average molecular weight is 476 g/mol. The van der Waals surface area contributed by atoms with E-state index in [2.05, 4.69) is 10.6 Å². The van der Waals surface area contributed by atoms with Crippen LogP contribution in [0.2, 0.25) is 0 Å². The van der Waals surface area contributed by atoms with Gasteiger partial charge in [0.25, 0.3) is 5.91 Å². The molecular weight excluding hydrogens is 449 g/mol. The Bertz CT molecular complexity index is 1230. The number of ether oxygens (including phenoxy) is 1. The van der Waals surface area contributed by atoms with Crippen LogP contribution in [0.5, 0.6) is 5.75 Å². The van der Waals surface area contributed by atoms with E-state index in [0.29, 0.717) is 47.6 Å². The Balaban J connectivity index is 1.54. The van der Waals surface area contributed by atoms with Crippen LogP contribution in [0.4, 0.5) is 15.8 Å². The van der Waals surface area contributed by atoms with Crippen LogP contribution in [-0.2, 0) is 19.6 Å². The smallest absolute Gasteiger partial charge is 0.265 e. The highest BCUT2D eigenvalue weighted by Crippen LogP contribution is 2.36. The molecule has 10 heteroatoms. The molecule has 2 heterocycles. The highest BCUT2D eigenvalue weighted by atomic mass is 32.2. The lowest BCUT2D eigenvalue weighted by atomic mass is 9.98. The van der Waals surface area contributed by atoms with Crippen LogP contribution in [0.15, 0.2) is 35.2 Å². The van der Waals surface area contributed by atoms with Crippen LogP contribution in [-0.4, -0.2) is 43.7 Å². The minimum absolute atomic E-state index is 0.0406. The summed E-state index contributed by atoms with van der Waals surface area (Å²) in [4.78, 5) is 24.8. The Kier molecular flexibility index (Phi) is 6.15. The number of hydrogen-bond donors (Lipinski definition) is 2. The summed E-state index contributed by atoms with van der Waals surface area (Å²) in [5, 5.41) is 5.51. The SMILES string of the molecule is Cc1cc(F)ccc1NC(=O)[C@H]1CCCN(S(=O)(=O)c2cc3c(cc2C)NC(=O)[C@@H](C)O3)C1. The monoisotopic (exact) mass is 475 g/mol. The molecule has 2 aromatic rings. The fourth-order valence-electron chi connectivity index (χ4n) is 4.14. The first-order valence-electron chi connectivity index (χ1n) is 10.8. The molecule has 176 valence electrons. The molecule has 4 rings (SSSR count). The summed E-state index contributed by atoms with van der Waals surface area (Å²) in [6.45, 7) is 5.28. The fraction of sp³-hybridized carbons (Fsp3) is 0.391. The maximum atomic E-state index is 13.5. The third-order valence-electron chi connectivity index (χ3n) is 6.03. The molecule has 0 radical (unpaired) electrons. The second-order valence-corrected chi connectivity index (χ2v) is 10.4. The first-order valence-corrected chi connectivity index (χ1v) is 12.2. The van der Waals surface area contributed by atoms with E-state index in [4.69, 9.17) is 4.74 Å². The Labute approximate surface area is 192 Å². The average Bonchev–Trinajstić information content (AvgIpc) is 2.76. The van der Waals surface area contributed by atoms with Gasteiger partial charge in [0.2, 0.25) is 15.9 Å². The molecule has 1 saturated heterocycles. The molecule has 8 nitrogen and oxygen atoms in total. The molecule has 2 amide bonds. The van der Waals surface area contributed by atoms with Crippen molar-refractivity contribution >= 4 is 33.2 Å². The summed E-state index contributed by atoms with van der Waals surface area (Å²) in [6.07, 6.45) is 0.357. The van der Waals surface area contributed by atoms with Crippen LogP contribution in [0.3, 0.4) is 0 Å². The Morgan fingerprint density at radius 3 is 2.70 bits per heavy atom. The number of halogens is 1.